The maximum Gasteiger partial charge on any atom is 0.336 e. The SMILES string of the molecule is CSCCNC(=O)c1cccc(N=C2C=C3CC[C@@H]4C([C@@H](O)C[C@@]5(C)C4CC[C@]5(O)C(=O)O)[C@@]3(C)CC2=CN)c1. The van der Waals surface area contributed by atoms with Crippen LogP contribution in [0.1, 0.15) is 62.7 Å². The number of amides is 1. The van der Waals surface area contributed by atoms with Gasteiger partial charge in [0.2, 0.25) is 0 Å². The number of aliphatic hydroxyl groups is 2. The summed E-state index contributed by atoms with van der Waals surface area (Å²) in [5.41, 5.74) is 7.23. The molecule has 4 aliphatic rings. The van der Waals surface area contributed by atoms with Gasteiger partial charge in [-0.1, -0.05) is 25.5 Å². The van der Waals surface area contributed by atoms with E-state index in [9.17, 15) is 24.9 Å². The lowest BCUT2D eigenvalue weighted by atomic mass is 9.45. The zero-order valence-corrected chi connectivity index (χ0v) is 24.3. The predicted molar refractivity (Wildman–Crippen MR) is 158 cm³/mol. The zero-order chi connectivity index (χ0) is 28.9. The molecular weight excluding hydrogens is 526 g/mol. The standard InChI is InChI=1S/C31H41N3O5S/c1-29-15-19(17-32)24(34-21-6-4-5-18(13-21)27(36)33-11-12-40-3)14-20(29)7-8-22-23-9-10-31(39,28(37)38)30(23,2)16-25(35)26(22)29/h4-6,13-14,17,22-23,25-26,35,39H,7-12,15-16,32H2,1-3H3,(H,33,36)(H,37,38)/t22-,23?,25-,26?,29-,30-,31-/m0/s1. The van der Waals surface area contributed by atoms with Crippen molar-refractivity contribution in [3.63, 3.8) is 0 Å². The third kappa shape index (κ3) is 4.50. The van der Waals surface area contributed by atoms with Crippen LogP contribution in [0.3, 0.4) is 0 Å². The molecule has 0 aromatic heterocycles. The Morgan fingerprint density at radius 1 is 1.27 bits per heavy atom. The Hall–Kier alpha value is -2.62. The van der Waals surface area contributed by atoms with Gasteiger partial charge in [0.25, 0.3) is 5.91 Å². The van der Waals surface area contributed by atoms with E-state index in [0.717, 1.165) is 29.9 Å². The van der Waals surface area contributed by atoms with Crippen molar-refractivity contribution in [2.45, 2.75) is 64.1 Å². The highest BCUT2D eigenvalue weighted by Gasteiger charge is 2.68. The van der Waals surface area contributed by atoms with Crippen molar-refractivity contribution in [2.75, 3.05) is 18.6 Å². The number of nitrogens with zero attached hydrogens (tertiary/aromatic N) is 1. The van der Waals surface area contributed by atoms with Gasteiger partial charge in [-0.3, -0.25) is 4.79 Å². The molecule has 1 amide bonds. The smallest absolute Gasteiger partial charge is 0.336 e. The number of carbonyl (C=O) groups excluding carboxylic acids is 1. The lowest BCUT2D eigenvalue weighted by molar-refractivity contribution is -0.193. The minimum absolute atomic E-state index is 0.0329. The Morgan fingerprint density at radius 2 is 2.05 bits per heavy atom. The maximum atomic E-state index is 12.6. The van der Waals surface area contributed by atoms with Gasteiger partial charge in [0, 0.05) is 23.3 Å². The average Bonchev–Trinajstić information content (AvgIpc) is 3.19. The number of nitrogens with two attached hydrogens (primary N) is 1. The highest BCUT2D eigenvalue weighted by molar-refractivity contribution is 7.98. The van der Waals surface area contributed by atoms with E-state index in [1.165, 1.54) is 5.57 Å². The highest BCUT2D eigenvalue weighted by atomic mass is 32.2. The van der Waals surface area contributed by atoms with Crippen molar-refractivity contribution < 1.29 is 24.9 Å². The van der Waals surface area contributed by atoms with Gasteiger partial charge >= 0.3 is 5.97 Å². The number of hydrogen-bond acceptors (Lipinski definition) is 7. The number of rotatable bonds is 6. The molecule has 0 radical (unpaired) electrons. The minimum atomic E-state index is -1.81. The molecule has 5 rings (SSSR count). The topological polar surface area (TPSA) is 145 Å². The molecule has 9 heteroatoms. The second-order valence-corrected chi connectivity index (χ2v) is 13.5. The van der Waals surface area contributed by atoms with E-state index in [1.807, 2.05) is 25.3 Å². The number of thioether (sulfide) groups is 1. The molecule has 1 aromatic carbocycles. The van der Waals surface area contributed by atoms with Crippen LogP contribution in [0.2, 0.25) is 0 Å². The van der Waals surface area contributed by atoms with Crippen molar-refractivity contribution in [3.05, 3.63) is 53.3 Å². The van der Waals surface area contributed by atoms with E-state index in [0.29, 0.717) is 30.6 Å². The number of benzene rings is 1. The lowest BCUT2D eigenvalue weighted by Gasteiger charge is -2.60. The summed E-state index contributed by atoms with van der Waals surface area (Å²) in [5.74, 6) is -0.375. The molecule has 8 nitrogen and oxygen atoms in total. The number of carbonyl (C=O) groups is 2. The van der Waals surface area contributed by atoms with Crippen LogP contribution < -0.4 is 11.1 Å². The van der Waals surface area contributed by atoms with Crippen LogP contribution >= 0.6 is 11.8 Å². The first kappa shape index (κ1) is 28.9. The first-order valence-electron chi connectivity index (χ1n) is 14.2. The molecular formula is C31H41N3O5S. The number of nitrogens with one attached hydrogen (secondary N) is 1. The predicted octanol–water partition coefficient (Wildman–Crippen LogP) is 4.05. The van der Waals surface area contributed by atoms with E-state index in [1.54, 1.807) is 30.1 Å². The molecule has 6 N–H and O–H groups in total. The summed E-state index contributed by atoms with van der Waals surface area (Å²) in [4.78, 5) is 29.6. The number of aliphatic hydroxyl groups excluding tert-OH is 1. The van der Waals surface area contributed by atoms with Crippen molar-refractivity contribution in [1.82, 2.24) is 5.32 Å². The van der Waals surface area contributed by atoms with Crippen molar-refractivity contribution in [2.24, 2.45) is 39.3 Å². The number of carboxylic acids is 1. The van der Waals surface area contributed by atoms with Gasteiger partial charge < -0.3 is 26.4 Å². The number of allylic oxidation sites excluding steroid dienone is 3. The second kappa shape index (κ2) is 10.7. The summed E-state index contributed by atoms with van der Waals surface area (Å²) in [5, 5.41) is 35.6. The monoisotopic (exact) mass is 567 g/mol. The molecule has 0 aliphatic heterocycles. The summed E-state index contributed by atoms with van der Waals surface area (Å²) < 4.78 is 0. The molecule has 7 atom stereocenters. The number of hydrogen-bond donors (Lipinski definition) is 5. The summed E-state index contributed by atoms with van der Waals surface area (Å²) in [6.45, 7) is 4.66. The number of aliphatic carboxylic acids is 1. The van der Waals surface area contributed by atoms with Gasteiger partial charge in [-0.15, -0.1) is 0 Å². The Kier molecular flexibility index (Phi) is 7.70. The van der Waals surface area contributed by atoms with Crippen LogP contribution in [0.4, 0.5) is 5.69 Å². The third-order valence-corrected chi connectivity index (χ3v) is 11.1. The van der Waals surface area contributed by atoms with Crippen LogP contribution in [0.25, 0.3) is 0 Å². The van der Waals surface area contributed by atoms with E-state index >= 15 is 0 Å². The molecule has 0 bridgehead atoms. The highest BCUT2D eigenvalue weighted by Crippen LogP contribution is 2.67. The normalized spacial score (nSPS) is 38.8. The average molecular weight is 568 g/mol. The van der Waals surface area contributed by atoms with Gasteiger partial charge in [0.15, 0.2) is 5.60 Å². The lowest BCUT2D eigenvalue weighted by Crippen LogP contribution is -2.61. The van der Waals surface area contributed by atoms with Gasteiger partial charge in [-0.25, -0.2) is 9.79 Å². The molecule has 1 aromatic rings. The quantitative estimate of drug-likeness (QED) is 0.326. The molecule has 40 heavy (non-hydrogen) atoms. The first-order valence-corrected chi connectivity index (χ1v) is 15.6. The van der Waals surface area contributed by atoms with Crippen LogP contribution in [-0.2, 0) is 4.79 Å². The number of carboxylic acid groups (broad SMARTS) is 1. The first-order chi connectivity index (χ1) is 19.0. The number of aliphatic imine (C=N–C) groups is 1. The Morgan fingerprint density at radius 3 is 2.75 bits per heavy atom. The molecule has 3 fully saturated rings. The molecule has 2 unspecified atom stereocenters. The molecule has 0 heterocycles. The second-order valence-electron chi connectivity index (χ2n) is 12.5. The van der Waals surface area contributed by atoms with E-state index in [-0.39, 0.29) is 41.9 Å². The summed E-state index contributed by atoms with van der Waals surface area (Å²) >= 11 is 1.68. The fourth-order valence-electron chi connectivity index (χ4n) is 8.52. The summed E-state index contributed by atoms with van der Waals surface area (Å²) in [6.07, 6.45) is 8.37. The van der Waals surface area contributed by atoms with E-state index in [4.69, 9.17) is 10.7 Å². The summed E-state index contributed by atoms with van der Waals surface area (Å²) in [6, 6.07) is 7.27. The van der Waals surface area contributed by atoms with Crippen LogP contribution in [0.5, 0.6) is 0 Å². The Bertz CT molecular complexity index is 1290. The van der Waals surface area contributed by atoms with Crippen molar-refractivity contribution >= 4 is 35.0 Å². The molecule has 216 valence electrons. The van der Waals surface area contributed by atoms with Gasteiger partial charge in [0.05, 0.1) is 17.5 Å². The Labute approximate surface area is 240 Å². The van der Waals surface area contributed by atoms with Gasteiger partial charge in [-0.05, 0) is 104 Å². The van der Waals surface area contributed by atoms with E-state index < -0.39 is 23.1 Å². The Balaban J connectivity index is 1.45. The van der Waals surface area contributed by atoms with Crippen molar-refractivity contribution in [3.8, 4) is 0 Å². The largest absolute Gasteiger partial charge is 0.479 e. The zero-order valence-electron chi connectivity index (χ0n) is 23.5. The fourth-order valence-corrected chi connectivity index (χ4v) is 8.82. The third-order valence-electron chi connectivity index (χ3n) is 10.5. The van der Waals surface area contributed by atoms with Crippen LogP contribution in [0, 0.1) is 28.6 Å². The molecule has 3 saturated carbocycles. The van der Waals surface area contributed by atoms with Crippen molar-refractivity contribution in [1.29, 1.82) is 0 Å². The fraction of sp³-hybridized carbons (Fsp3) is 0.581. The summed E-state index contributed by atoms with van der Waals surface area (Å²) in [7, 11) is 0. The maximum absolute atomic E-state index is 12.6. The van der Waals surface area contributed by atoms with E-state index in [2.05, 4.69) is 18.3 Å². The molecule has 0 saturated heterocycles. The minimum Gasteiger partial charge on any atom is -0.479 e. The van der Waals surface area contributed by atoms with Crippen LogP contribution in [-0.4, -0.2) is 63.2 Å². The molecule has 0 spiro atoms. The van der Waals surface area contributed by atoms with Gasteiger partial charge in [0.1, 0.15) is 0 Å². The van der Waals surface area contributed by atoms with Crippen LogP contribution in [0.15, 0.2) is 52.7 Å². The van der Waals surface area contributed by atoms with Gasteiger partial charge in [-0.2, -0.15) is 11.8 Å². The number of fused-ring (bicyclic) bond motifs is 5. The molecule has 4 aliphatic carbocycles.